The summed E-state index contributed by atoms with van der Waals surface area (Å²) in [5.74, 6) is 1.14. The molecule has 170 valence electrons. The zero-order chi connectivity index (χ0) is 22.4. The van der Waals surface area contributed by atoms with Gasteiger partial charge in [-0.05, 0) is 68.1 Å². The first-order valence-corrected chi connectivity index (χ1v) is 10.7. The molecule has 0 unspecified atom stereocenters. The maximum Gasteiger partial charge on any atom is 0.416 e. The van der Waals surface area contributed by atoms with E-state index in [4.69, 9.17) is 4.74 Å². The number of aromatic hydroxyl groups is 1. The quantitative estimate of drug-likeness (QED) is 0.645. The predicted octanol–water partition coefficient (Wildman–Crippen LogP) is 4.81. The number of halogens is 3. The number of alkyl halides is 3. The number of likely N-dealkylation sites (tertiary alicyclic amines) is 1. The van der Waals surface area contributed by atoms with Crippen LogP contribution in [0.15, 0.2) is 42.5 Å². The molecule has 1 aliphatic heterocycles. The fourth-order valence-electron chi connectivity index (χ4n) is 4.33. The molecule has 31 heavy (non-hydrogen) atoms. The number of phenols is 1. The van der Waals surface area contributed by atoms with Crippen molar-refractivity contribution in [3.63, 3.8) is 0 Å². The third-order valence-corrected chi connectivity index (χ3v) is 5.84. The fraction of sp³-hybridized carbons (Fsp3) is 0.500. The van der Waals surface area contributed by atoms with Crippen LogP contribution in [0, 0.1) is 5.92 Å². The van der Waals surface area contributed by atoms with Crippen LogP contribution in [0.4, 0.5) is 13.2 Å². The highest BCUT2D eigenvalue weighted by Gasteiger charge is 2.30. The smallest absolute Gasteiger partial charge is 0.416 e. The number of hydrogen-bond acceptors (Lipinski definition) is 4. The van der Waals surface area contributed by atoms with Gasteiger partial charge in [-0.15, -0.1) is 0 Å². The first-order valence-electron chi connectivity index (χ1n) is 10.7. The maximum absolute atomic E-state index is 12.9. The molecule has 0 aliphatic carbocycles. The molecule has 1 atom stereocenters. The average Bonchev–Trinajstić information content (AvgIpc) is 2.73. The highest BCUT2D eigenvalue weighted by Crippen LogP contribution is 2.30. The Morgan fingerprint density at radius 3 is 2.71 bits per heavy atom. The lowest BCUT2D eigenvalue weighted by Gasteiger charge is -2.35. The number of hydrogen-bond donors (Lipinski definition) is 1. The molecule has 1 heterocycles. The molecule has 1 N–H and O–H groups in total. The minimum Gasteiger partial charge on any atom is -0.504 e. The van der Waals surface area contributed by atoms with Crippen LogP contribution < -0.4 is 4.74 Å². The van der Waals surface area contributed by atoms with Gasteiger partial charge in [0.1, 0.15) is 0 Å². The lowest BCUT2D eigenvalue weighted by atomic mass is 9.96. The van der Waals surface area contributed by atoms with Crippen molar-refractivity contribution < 1.29 is 23.0 Å². The summed E-state index contributed by atoms with van der Waals surface area (Å²) in [7, 11) is 3.62. The van der Waals surface area contributed by atoms with Crippen molar-refractivity contribution in [2.45, 2.75) is 32.0 Å². The topological polar surface area (TPSA) is 35.9 Å². The van der Waals surface area contributed by atoms with Gasteiger partial charge in [0.15, 0.2) is 11.5 Å². The third-order valence-electron chi connectivity index (χ3n) is 5.84. The van der Waals surface area contributed by atoms with Crippen LogP contribution in [0.25, 0.3) is 0 Å². The lowest BCUT2D eigenvalue weighted by molar-refractivity contribution is -0.137. The third kappa shape index (κ3) is 6.87. The van der Waals surface area contributed by atoms with Crippen LogP contribution >= 0.6 is 0 Å². The monoisotopic (exact) mass is 436 g/mol. The van der Waals surface area contributed by atoms with Gasteiger partial charge in [-0.2, -0.15) is 13.2 Å². The fourth-order valence-corrected chi connectivity index (χ4v) is 4.33. The Labute approximate surface area is 182 Å². The molecule has 0 spiro atoms. The molecule has 7 heteroatoms. The van der Waals surface area contributed by atoms with E-state index in [2.05, 4.69) is 16.8 Å². The number of methoxy groups -OCH3 is 1. The second-order valence-corrected chi connectivity index (χ2v) is 8.46. The summed E-state index contributed by atoms with van der Waals surface area (Å²) in [5.41, 5.74) is 1.23. The minimum atomic E-state index is -4.29. The molecule has 1 aliphatic rings. The van der Waals surface area contributed by atoms with E-state index in [9.17, 15) is 18.3 Å². The number of rotatable bonds is 8. The van der Waals surface area contributed by atoms with Crippen molar-refractivity contribution in [3.05, 3.63) is 59.2 Å². The van der Waals surface area contributed by atoms with Crippen molar-refractivity contribution in [2.75, 3.05) is 40.3 Å². The largest absolute Gasteiger partial charge is 0.504 e. The molecule has 4 nitrogen and oxygen atoms in total. The number of piperidine rings is 1. The Hall–Kier alpha value is -2.25. The second kappa shape index (κ2) is 10.4. The lowest BCUT2D eigenvalue weighted by Crippen LogP contribution is -2.40. The summed E-state index contributed by atoms with van der Waals surface area (Å²) >= 11 is 0. The molecule has 0 amide bonds. The number of nitrogens with zero attached hydrogens (tertiary/aromatic N) is 2. The summed E-state index contributed by atoms with van der Waals surface area (Å²) in [6.07, 6.45) is -1.41. The van der Waals surface area contributed by atoms with E-state index in [1.165, 1.54) is 12.1 Å². The van der Waals surface area contributed by atoms with Gasteiger partial charge < -0.3 is 19.6 Å². The molecule has 1 saturated heterocycles. The first-order chi connectivity index (χ1) is 14.7. The van der Waals surface area contributed by atoms with E-state index in [1.807, 2.05) is 12.1 Å². The summed E-state index contributed by atoms with van der Waals surface area (Å²) in [5, 5.41) is 9.75. The van der Waals surface area contributed by atoms with Crippen molar-refractivity contribution >= 4 is 0 Å². The Morgan fingerprint density at radius 2 is 1.97 bits per heavy atom. The normalized spacial score (nSPS) is 17.8. The van der Waals surface area contributed by atoms with E-state index in [1.54, 1.807) is 19.2 Å². The molecule has 2 aromatic carbocycles. The van der Waals surface area contributed by atoms with E-state index in [0.717, 1.165) is 62.8 Å². The average molecular weight is 437 g/mol. The van der Waals surface area contributed by atoms with Gasteiger partial charge in [0.05, 0.1) is 12.7 Å². The number of phenolic OH excluding ortho intramolecular Hbond substituents is 1. The zero-order valence-corrected chi connectivity index (χ0v) is 18.2. The summed E-state index contributed by atoms with van der Waals surface area (Å²) in [6.45, 7) is 4.44. The van der Waals surface area contributed by atoms with Crippen molar-refractivity contribution in [1.29, 1.82) is 0 Å². The van der Waals surface area contributed by atoms with Gasteiger partial charge in [0.2, 0.25) is 0 Å². The summed E-state index contributed by atoms with van der Waals surface area (Å²) < 4.78 is 43.9. The van der Waals surface area contributed by atoms with E-state index in [-0.39, 0.29) is 5.75 Å². The summed E-state index contributed by atoms with van der Waals surface area (Å²) in [6, 6.07) is 11.1. The highest BCUT2D eigenvalue weighted by molar-refractivity contribution is 5.41. The Morgan fingerprint density at radius 1 is 1.16 bits per heavy atom. The Balaban J connectivity index is 1.49. The van der Waals surface area contributed by atoms with Crippen LogP contribution in [-0.2, 0) is 19.1 Å². The molecular weight excluding hydrogens is 405 g/mol. The molecule has 3 rings (SSSR count). The van der Waals surface area contributed by atoms with E-state index in [0.29, 0.717) is 18.1 Å². The number of benzene rings is 2. The molecule has 0 aromatic heterocycles. The van der Waals surface area contributed by atoms with Gasteiger partial charge in [0, 0.05) is 26.2 Å². The molecule has 0 bridgehead atoms. The van der Waals surface area contributed by atoms with Crippen LogP contribution in [0.2, 0.25) is 0 Å². The van der Waals surface area contributed by atoms with Crippen molar-refractivity contribution in [3.8, 4) is 11.5 Å². The predicted molar refractivity (Wildman–Crippen MR) is 115 cm³/mol. The van der Waals surface area contributed by atoms with Crippen molar-refractivity contribution in [1.82, 2.24) is 9.80 Å². The molecule has 2 aromatic rings. The molecule has 0 radical (unpaired) electrons. The molecule has 0 saturated carbocycles. The maximum atomic E-state index is 12.9. The van der Waals surface area contributed by atoms with Gasteiger partial charge in [0.25, 0.3) is 0 Å². The molecule has 1 fully saturated rings. The van der Waals surface area contributed by atoms with E-state index >= 15 is 0 Å². The van der Waals surface area contributed by atoms with E-state index < -0.39 is 11.7 Å². The van der Waals surface area contributed by atoms with Gasteiger partial charge in [-0.3, -0.25) is 0 Å². The Bertz CT molecular complexity index is 857. The van der Waals surface area contributed by atoms with Crippen LogP contribution in [-0.4, -0.2) is 55.2 Å². The second-order valence-electron chi connectivity index (χ2n) is 8.46. The van der Waals surface area contributed by atoms with Crippen molar-refractivity contribution in [2.24, 2.45) is 5.92 Å². The van der Waals surface area contributed by atoms with Crippen LogP contribution in [0.5, 0.6) is 11.5 Å². The van der Waals surface area contributed by atoms with Crippen LogP contribution in [0.3, 0.4) is 0 Å². The Kier molecular flexibility index (Phi) is 7.84. The highest BCUT2D eigenvalue weighted by atomic mass is 19.4. The van der Waals surface area contributed by atoms with Gasteiger partial charge >= 0.3 is 6.18 Å². The number of ether oxygens (including phenoxy) is 1. The van der Waals surface area contributed by atoms with Crippen LogP contribution in [0.1, 0.15) is 29.5 Å². The summed E-state index contributed by atoms with van der Waals surface area (Å²) in [4.78, 5) is 4.64. The SMILES string of the molecule is COc1cc(CN(C)C[C@@H]2CCCN(CCc3cccc(C(F)(F)F)c3)C2)ccc1O. The standard InChI is InChI=1S/C24H31F3N2O2/c1-28(15-19-8-9-22(30)23(14-19)31-2)16-20-6-4-11-29(17-20)12-10-18-5-3-7-21(13-18)24(25,26)27/h3,5,7-9,13-14,20,30H,4,6,10-12,15-17H2,1-2H3/t20-/m0/s1. The van der Waals surface area contributed by atoms with Gasteiger partial charge in [-0.25, -0.2) is 0 Å². The minimum absolute atomic E-state index is 0.137. The zero-order valence-electron chi connectivity index (χ0n) is 18.2. The first kappa shape index (κ1) is 23.4. The van der Waals surface area contributed by atoms with Gasteiger partial charge in [-0.1, -0.05) is 24.3 Å². The molecular formula is C24H31F3N2O2.